The van der Waals surface area contributed by atoms with Gasteiger partial charge in [0.05, 0.1) is 19.8 Å². The average Bonchev–Trinajstić information content (AvgIpc) is 2.29. The van der Waals surface area contributed by atoms with Gasteiger partial charge in [0.1, 0.15) is 5.84 Å². The summed E-state index contributed by atoms with van der Waals surface area (Å²) in [7, 11) is 0. The summed E-state index contributed by atoms with van der Waals surface area (Å²) in [6, 6.07) is 7.47. The second-order valence-corrected chi connectivity index (χ2v) is 3.36. The highest BCUT2D eigenvalue weighted by molar-refractivity contribution is 5.94. The van der Waals surface area contributed by atoms with Crippen molar-refractivity contribution in [3.05, 3.63) is 35.4 Å². The maximum Gasteiger partial charge on any atom is 0.122 e. The molecular formula is C12H18N2O2. The number of nitrogens with two attached hydrogens (primary N) is 1. The molecule has 1 aromatic rings. The quantitative estimate of drug-likeness (QED) is 0.417. The van der Waals surface area contributed by atoms with Crippen LogP contribution in [0.25, 0.3) is 0 Å². The second-order valence-electron chi connectivity index (χ2n) is 3.36. The molecule has 0 aliphatic heterocycles. The Labute approximate surface area is 95.9 Å². The molecule has 0 atom stereocenters. The zero-order valence-electron chi connectivity index (χ0n) is 9.53. The summed E-state index contributed by atoms with van der Waals surface area (Å²) >= 11 is 0. The van der Waals surface area contributed by atoms with Crippen molar-refractivity contribution in [1.82, 2.24) is 0 Å². The molecule has 0 aliphatic rings. The third kappa shape index (κ3) is 4.42. The van der Waals surface area contributed by atoms with Crippen molar-refractivity contribution < 1.29 is 9.47 Å². The molecular weight excluding hydrogens is 204 g/mol. The molecule has 0 unspecified atom stereocenters. The van der Waals surface area contributed by atoms with Crippen LogP contribution in [0.1, 0.15) is 18.1 Å². The Morgan fingerprint density at radius 3 is 2.38 bits per heavy atom. The Hall–Kier alpha value is -1.39. The molecule has 0 saturated heterocycles. The van der Waals surface area contributed by atoms with E-state index in [9.17, 15) is 0 Å². The summed E-state index contributed by atoms with van der Waals surface area (Å²) in [5.74, 6) is 0.0869. The minimum atomic E-state index is 0.0869. The number of ether oxygens (including phenoxy) is 2. The molecule has 0 radical (unpaired) electrons. The minimum absolute atomic E-state index is 0.0869. The Kier molecular flexibility index (Phi) is 5.53. The van der Waals surface area contributed by atoms with Gasteiger partial charge in [-0.25, -0.2) is 0 Å². The van der Waals surface area contributed by atoms with Gasteiger partial charge in [0.25, 0.3) is 0 Å². The van der Waals surface area contributed by atoms with Crippen LogP contribution >= 0.6 is 0 Å². The van der Waals surface area contributed by atoms with Gasteiger partial charge in [-0.05, 0) is 12.5 Å². The lowest BCUT2D eigenvalue weighted by atomic mass is 10.1. The second kappa shape index (κ2) is 6.98. The van der Waals surface area contributed by atoms with Crippen molar-refractivity contribution in [2.24, 2.45) is 5.73 Å². The molecule has 0 fully saturated rings. The van der Waals surface area contributed by atoms with Crippen LogP contribution in [-0.2, 0) is 16.1 Å². The summed E-state index contributed by atoms with van der Waals surface area (Å²) in [5.41, 5.74) is 7.16. The van der Waals surface area contributed by atoms with Crippen molar-refractivity contribution in [3.63, 3.8) is 0 Å². The predicted octanol–water partition coefficient (Wildman–Crippen LogP) is 1.52. The van der Waals surface area contributed by atoms with Crippen molar-refractivity contribution in [2.75, 3.05) is 19.8 Å². The molecule has 0 amide bonds. The van der Waals surface area contributed by atoms with Crippen LogP contribution in [0, 0.1) is 5.41 Å². The fourth-order valence-electron chi connectivity index (χ4n) is 1.23. The predicted molar refractivity (Wildman–Crippen MR) is 63.6 cm³/mol. The molecule has 0 aliphatic carbocycles. The highest BCUT2D eigenvalue weighted by atomic mass is 16.5. The SMILES string of the molecule is CCOCCOCc1ccc(C(=N)N)cc1. The van der Waals surface area contributed by atoms with E-state index in [1.54, 1.807) is 0 Å². The summed E-state index contributed by atoms with van der Waals surface area (Å²) in [6.07, 6.45) is 0. The number of rotatable bonds is 7. The number of benzene rings is 1. The third-order valence-electron chi connectivity index (χ3n) is 2.11. The fourth-order valence-corrected chi connectivity index (χ4v) is 1.23. The molecule has 88 valence electrons. The Balaban J connectivity index is 2.29. The van der Waals surface area contributed by atoms with Gasteiger partial charge in [-0.1, -0.05) is 24.3 Å². The summed E-state index contributed by atoms with van der Waals surface area (Å²) in [6.45, 7) is 4.47. The number of nitrogens with one attached hydrogen (secondary N) is 1. The van der Waals surface area contributed by atoms with E-state index in [1.165, 1.54) is 0 Å². The standard InChI is InChI=1S/C12H18N2O2/c1-2-15-7-8-16-9-10-3-5-11(6-4-10)12(13)14/h3-6H,2,7-9H2,1H3,(H3,13,14). The van der Waals surface area contributed by atoms with Gasteiger partial charge < -0.3 is 15.2 Å². The molecule has 0 spiro atoms. The minimum Gasteiger partial charge on any atom is -0.384 e. The Morgan fingerprint density at radius 1 is 1.19 bits per heavy atom. The largest absolute Gasteiger partial charge is 0.384 e. The molecule has 4 heteroatoms. The van der Waals surface area contributed by atoms with Crippen LogP contribution in [0.15, 0.2) is 24.3 Å². The maximum atomic E-state index is 7.25. The molecule has 0 bridgehead atoms. The maximum absolute atomic E-state index is 7.25. The van der Waals surface area contributed by atoms with Gasteiger partial charge in [0.2, 0.25) is 0 Å². The van der Waals surface area contributed by atoms with Crippen LogP contribution < -0.4 is 5.73 Å². The molecule has 1 aromatic carbocycles. The highest BCUT2D eigenvalue weighted by Gasteiger charge is 1.97. The fraction of sp³-hybridized carbons (Fsp3) is 0.417. The van der Waals surface area contributed by atoms with E-state index >= 15 is 0 Å². The molecule has 4 nitrogen and oxygen atoms in total. The number of hydrogen-bond donors (Lipinski definition) is 2. The van der Waals surface area contributed by atoms with Gasteiger partial charge in [-0.2, -0.15) is 0 Å². The van der Waals surface area contributed by atoms with Gasteiger partial charge in [-0.3, -0.25) is 5.41 Å². The Bertz CT molecular complexity index is 322. The van der Waals surface area contributed by atoms with Gasteiger partial charge in [0.15, 0.2) is 0 Å². The van der Waals surface area contributed by atoms with E-state index in [1.807, 2.05) is 31.2 Å². The lowest BCUT2D eigenvalue weighted by Gasteiger charge is -2.05. The topological polar surface area (TPSA) is 68.3 Å². The molecule has 0 aromatic heterocycles. The van der Waals surface area contributed by atoms with E-state index in [4.69, 9.17) is 20.6 Å². The molecule has 16 heavy (non-hydrogen) atoms. The van der Waals surface area contributed by atoms with E-state index in [0.29, 0.717) is 19.8 Å². The van der Waals surface area contributed by atoms with Crippen molar-refractivity contribution in [2.45, 2.75) is 13.5 Å². The first-order valence-electron chi connectivity index (χ1n) is 5.33. The van der Waals surface area contributed by atoms with Gasteiger partial charge in [0, 0.05) is 12.2 Å². The lowest BCUT2D eigenvalue weighted by molar-refractivity contribution is 0.0453. The lowest BCUT2D eigenvalue weighted by Crippen LogP contribution is -2.10. The highest BCUT2D eigenvalue weighted by Crippen LogP contribution is 2.05. The normalized spacial score (nSPS) is 10.3. The van der Waals surface area contributed by atoms with E-state index in [0.717, 1.165) is 17.7 Å². The number of nitrogen functional groups attached to an aromatic ring is 1. The zero-order chi connectivity index (χ0) is 11.8. The van der Waals surface area contributed by atoms with Crippen LogP contribution in [0.2, 0.25) is 0 Å². The molecule has 0 heterocycles. The van der Waals surface area contributed by atoms with Crippen LogP contribution in [-0.4, -0.2) is 25.7 Å². The van der Waals surface area contributed by atoms with Gasteiger partial charge >= 0.3 is 0 Å². The molecule has 0 saturated carbocycles. The summed E-state index contributed by atoms with van der Waals surface area (Å²) in [4.78, 5) is 0. The summed E-state index contributed by atoms with van der Waals surface area (Å²) < 4.78 is 10.6. The Morgan fingerprint density at radius 2 is 1.81 bits per heavy atom. The zero-order valence-corrected chi connectivity index (χ0v) is 9.53. The smallest absolute Gasteiger partial charge is 0.122 e. The molecule has 1 rings (SSSR count). The van der Waals surface area contributed by atoms with Crippen molar-refractivity contribution in [1.29, 1.82) is 5.41 Å². The summed E-state index contributed by atoms with van der Waals surface area (Å²) in [5, 5.41) is 7.25. The van der Waals surface area contributed by atoms with Crippen molar-refractivity contribution in [3.8, 4) is 0 Å². The van der Waals surface area contributed by atoms with Crippen LogP contribution in [0.3, 0.4) is 0 Å². The number of hydrogen-bond acceptors (Lipinski definition) is 3. The van der Waals surface area contributed by atoms with Crippen molar-refractivity contribution >= 4 is 5.84 Å². The first-order valence-corrected chi connectivity index (χ1v) is 5.33. The first kappa shape index (κ1) is 12.7. The van der Waals surface area contributed by atoms with Gasteiger partial charge in [-0.15, -0.1) is 0 Å². The van der Waals surface area contributed by atoms with E-state index in [2.05, 4.69) is 0 Å². The van der Waals surface area contributed by atoms with E-state index < -0.39 is 0 Å². The monoisotopic (exact) mass is 222 g/mol. The van der Waals surface area contributed by atoms with Crippen LogP contribution in [0.5, 0.6) is 0 Å². The van der Waals surface area contributed by atoms with E-state index in [-0.39, 0.29) is 5.84 Å². The average molecular weight is 222 g/mol. The molecule has 3 N–H and O–H groups in total. The third-order valence-corrected chi connectivity index (χ3v) is 2.11. The first-order chi connectivity index (χ1) is 7.74. The number of amidine groups is 1. The van der Waals surface area contributed by atoms with Crippen LogP contribution in [0.4, 0.5) is 0 Å².